The number of phenols is 1. The summed E-state index contributed by atoms with van der Waals surface area (Å²) in [6.45, 7) is 0. The van der Waals surface area contributed by atoms with Gasteiger partial charge in [-0.1, -0.05) is 42.5 Å². The van der Waals surface area contributed by atoms with Crippen molar-refractivity contribution >= 4 is 17.3 Å². The number of aliphatic hydroxyl groups is 1. The summed E-state index contributed by atoms with van der Waals surface area (Å²) in [5.41, 5.74) is 0.547. The van der Waals surface area contributed by atoms with Crippen LogP contribution < -0.4 is 0 Å². The Labute approximate surface area is 109 Å². The van der Waals surface area contributed by atoms with E-state index in [0.29, 0.717) is 11.1 Å². The highest BCUT2D eigenvalue weighted by atomic mass is 16.4. The predicted molar refractivity (Wildman–Crippen MR) is 71.6 cm³/mol. The number of carbonyl (C=O) groups is 1. The molecule has 2 aromatic rings. The van der Waals surface area contributed by atoms with Crippen molar-refractivity contribution < 1.29 is 20.1 Å². The van der Waals surface area contributed by atoms with Gasteiger partial charge in [-0.15, -0.1) is 0 Å². The second kappa shape index (κ2) is 5.27. The normalized spacial score (nSPS) is 11.8. The Morgan fingerprint density at radius 1 is 0.789 bits per heavy atom. The number of hydrogen-bond acceptors (Lipinski definition) is 3. The van der Waals surface area contributed by atoms with Crippen molar-refractivity contribution in [3.05, 3.63) is 65.7 Å². The van der Waals surface area contributed by atoms with Crippen molar-refractivity contribution in [1.29, 1.82) is 0 Å². The molecule has 96 valence electrons. The molecule has 4 heteroatoms. The van der Waals surface area contributed by atoms with E-state index in [0.717, 1.165) is 0 Å². The van der Waals surface area contributed by atoms with Gasteiger partial charge in [0.05, 0.1) is 0 Å². The van der Waals surface area contributed by atoms with E-state index in [2.05, 4.69) is 0 Å². The van der Waals surface area contributed by atoms with Gasteiger partial charge in [-0.2, -0.15) is 0 Å². The third-order valence-corrected chi connectivity index (χ3v) is 2.65. The third-order valence-electron chi connectivity index (χ3n) is 2.65. The lowest BCUT2D eigenvalue weighted by molar-refractivity contribution is -0.130. The van der Waals surface area contributed by atoms with Crippen molar-refractivity contribution in [3.8, 4) is 5.75 Å². The van der Waals surface area contributed by atoms with Crippen LogP contribution in [-0.4, -0.2) is 21.3 Å². The summed E-state index contributed by atoms with van der Waals surface area (Å²) in [7, 11) is 0. The van der Waals surface area contributed by atoms with Crippen LogP contribution in [0.3, 0.4) is 0 Å². The highest BCUT2D eigenvalue weighted by molar-refractivity contribution is 6.22. The molecule has 0 heterocycles. The fourth-order valence-corrected chi connectivity index (χ4v) is 1.73. The van der Waals surface area contributed by atoms with Gasteiger partial charge in [0, 0.05) is 5.56 Å². The minimum atomic E-state index is -1.23. The molecule has 3 N–H and O–H groups in total. The van der Waals surface area contributed by atoms with Crippen LogP contribution in [0.25, 0.3) is 11.3 Å². The van der Waals surface area contributed by atoms with Gasteiger partial charge in [0.2, 0.25) is 0 Å². The molecule has 0 saturated heterocycles. The van der Waals surface area contributed by atoms with Crippen molar-refractivity contribution in [3.63, 3.8) is 0 Å². The largest absolute Gasteiger partial charge is 0.508 e. The van der Waals surface area contributed by atoms with E-state index >= 15 is 0 Å². The number of rotatable bonds is 3. The Bertz CT molecular complexity index is 612. The Balaban J connectivity index is 2.57. The van der Waals surface area contributed by atoms with Gasteiger partial charge < -0.3 is 15.3 Å². The third kappa shape index (κ3) is 2.74. The molecule has 4 nitrogen and oxygen atoms in total. The van der Waals surface area contributed by atoms with Crippen LogP contribution >= 0.6 is 0 Å². The van der Waals surface area contributed by atoms with E-state index in [9.17, 15) is 20.1 Å². The molecule has 0 saturated carbocycles. The van der Waals surface area contributed by atoms with Crippen molar-refractivity contribution in [2.24, 2.45) is 0 Å². The number of hydrogen-bond donors (Lipinski definition) is 3. The molecule has 0 aromatic heterocycles. The maximum Gasteiger partial charge on any atom is 0.340 e. The first-order valence-electron chi connectivity index (χ1n) is 5.61. The van der Waals surface area contributed by atoms with Crippen molar-refractivity contribution in [2.75, 3.05) is 0 Å². The van der Waals surface area contributed by atoms with E-state index in [1.54, 1.807) is 30.3 Å². The van der Waals surface area contributed by atoms with Crippen molar-refractivity contribution in [1.82, 2.24) is 0 Å². The maximum atomic E-state index is 11.3. The average Bonchev–Trinajstić information content (AvgIpc) is 2.42. The highest BCUT2D eigenvalue weighted by Crippen LogP contribution is 2.25. The summed E-state index contributed by atoms with van der Waals surface area (Å²) in [6.07, 6.45) is 0. The first kappa shape index (κ1) is 12.7. The number of carboxylic acids is 1. The summed E-state index contributed by atoms with van der Waals surface area (Å²) in [5.74, 6) is -1.50. The topological polar surface area (TPSA) is 77.8 Å². The van der Waals surface area contributed by atoms with Gasteiger partial charge >= 0.3 is 5.97 Å². The molecule has 0 aliphatic rings. The average molecular weight is 256 g/mol. The second-order valence-corrected chi connectivity index (χ2v) is 3.94. The number of carboxylic acid groups (broad SMARTS) is 1. The van der Waals surface area contributed by atoms with E-state index in [1.807, 2.05) is 0 Å². The molecule has 2 aromatic carbocycles. The van der Waals surface area contributed by atoms with Gasteiger partial charge in [-0.25, -0.2) is 4.79 Å². The fraction of sp³-hybridized carbons (Fsp3) is 0. The fourth-order valence-electron chi connectivity index (χ4n) is 1.73. The van der Waals surface area contributed by atoms with Crippen molar-refractivity contribution in [2.45, 2.75) is 0 Å². The molecular formula is C15H12O4. The number of aliphatic carboxylic acids is 1. The van der Waals surface area contributed by atoms with Gasteiger partial charge in [-0.3, -0.25) is 0 Å². The molecular weight excluding hydrogens is 244 g/mol. The zero-order valence-corrected chi connectivity index (χ0v) is 9.95. The monoisotopic (exact) mass is 256 g/mol. The summed E-state index contributed by atoms with van der Waals surface area (Å²) in [5, 5.41) is 28.6. The lowest BCUT2D eigenvalue weighted by Crippen LogP contribution is -2.03. The second-order valence-electron chi connectivity index (χ2n) is 3.94. The molecule has 0 spiro atoms. The first-order chi connectivity index (χ1) is 9.09. The summed E-state index contributed by atoms with van der Waals surface area (Å²) in [6, 6.07) is 14.1. The quantitative estimate of drug-likeness (QED) is 0.448. The lowest BCUT2D eigenvalue weighted by atomic mass is 10.0. The van der Waals surface area contributed by atoms with Crippen LogP contribution in [0.5, 0.6) is 5.75 Å². The molecule has 0 aliphatic carbocycles. The molecule has 0 aliphatic heterocycles. The van der Waals surface area contributed by atoms with Gasteiger partial charge in [-0.05, 0) is 17.7 Å². The van der Waals surface area contributed by atoms with E-state index in [1.165, 1.54) is 24.3 Å². The number of phenolic OH excluding ortho intramolecular Hbond substituents is 1. The molecule has 0 atom stereocenters. The Hall–Kier alpha value is -2.75. The van der Waals surface area contributed by atoms with Crippen LogP contribution in [0.4, 0.5) is 0 Å². The smallest absolute Gasteiger partial charge is 0.340 e. The zero-order chi connectivity index (χ0) is 13.8. The molecule has 0 radical (unpaired) electrons. The number of benzene rings is 2. The molecule has 19 heavy (non-hydrogen) atoms. The molecule has 2 rings (SSSR count). The number of aromatic hydroxyl groups is 1. The SMILES string of the molecule is O=C(O)/C(=C(\O)c1ccccc1)c1ccc(O)cc1. The Kier molecular flexibility index (Phi) is 3.52. The molecule has 0 amide bonds. The van der Waals surface area contributed by atoms with Crippen LogP contribution in [0.2, 0.25) is 0 Å². The predicted octanol–water partition coefficient (Wildman–Crippen LogP) is 2.90. The summed E-state index contributed by atoms with van der Waals surface area (Å²) < 4.78 is 0. The minimum Gasteiger partial charge on any atom is -0.508 e. The van der Waals surface area contributed by atoms with Gasteiger partial charge in [0.15, 0.2) is 0 Å². The number of aliphatic hydroxyl groups excluding tert-OH is 1. The minimum absolute atomic E-state index is 0.0349. The highest BCUT2D eigenvalue weighted by Gasteiger charge is 2.17. The lowest BCUT2D eigenvalue weighted by Gasteiger charge is -2.07. The molecule has 0 unspecified atom stereocenters. The van der Waals surface area contributed by atoms with Gasteiger partial charge in [0.1, 0.15) is 17.1 Å². The van der Waals surface area contributed by atoms with E-state index < -0.39 is 5.97 Å². The standard InChI is InChI=1S/C15H12O4/c16-12-8-6-10(7-9-12)13(15(18)19)14(17)11-4-2-1-3-5-11/h1-9,16-17H,(H,18,19)/b14-13-. The Morgan fingerprint density at radius 3 is 1.89 bits per heavy atom. The molecule has 0 bridgehead atoms. The van der Waals surface area contributed by atoms with Crippen LogP contribution in [-0.2, 0) is 4.79 Å². The van der Waals surface area contributed by atoms with E-state index in [-0.39, 0.29) is 17.1 Å². The van der Waals surface area contributed by atoms with Crippen LogP contribution in [0.15, 0.2) is 54.6 Å². The van der Waals surface area contributed by atoms with Crippen LogP contribution in [0.1, 0.15) is 11.1 Å². The van der Waals surface area contributed by atoms with Gasteiger partial charge in [0.25, 0.3) is 0 Å². The van der Waals surface area contributed by atoms with Crippen LogP contribution in [0, 0.1) is 0 Å². The Morgan fingerprint density at radius 2 is 1.37 bits per heavy atom. The summed E-state index contributed by atoms with van der Waals surface area (Å²) >= 11 is 0. The first-order valence-corrected chi connectivity index (χ1v) is 5.61. The maximum absolute atomic E-state index is 11.3. The van der Waals surface area contributed by atoms with E-state index in [4.69, 9.17) is 0 Å². The summed E-state index contributed by atoms with van der Waals surface area (Å²) in [4.78, 5) is 11.3. The zero-order valence-electron chi connectivity index (χ0n) is 9.95. The molecule has 0 fully saturated rings.